The van der Waals surface area contributed by atoms with E-state index in [9.17, 15) is 27.9 Å². The number of piperazine rings is 1. The summed E-state index contributed by atoms with van der Waals surface area (Å²) in [7, 11) is 0. The van der Waals surface area contributed by atoms with Crippen molar-refractivity contribution in [3.63, 3.8) is 0 Å². The molecule has 2 aliphatic heterocycles. The van der Waals surface area contributed by atoms with Gasteiger partial charge in [0.25, 0.3) is 5.56 Å². The number of aliphatic hydroxyl groups is 1. The number of hydrogen-bond acceptors (Lipinski definition) is 9. The van der Waals surface area contributed by atoms with Gasteiger partial charge in [0.1, 0.15) is 23.3 Å². The molecule has 0 saturated carbocycles. The van der Waals surface area contributed by atoms with Crippen molar-refractivity contribution < 1.29 is 32.5 Å². The number of ether oxygens (including phenoxy) is 2. The minimum Gasteiger partial charge on any atom is -0.493 e. The lowest BCUT2D eigenvalue weighted by molar-refractivity contribution is -0.137. The number of fused-ring (bicyclic) bond motifs is 2. The van der Waals surface area contributed by atoms with Crippen LogP contribution in [0, 0.1) is 0 Å². The maximum Gasteiger partial charge on any atom is 0.416 e. The van der Waals surface area contributed by atoms with E-state index in [4.69, 9.17) is 26.1 Å². The quantitative estimate of drug-likeness (QED) is 0.250. The predicted octanol–water partition coefficient (Wildman–Crippen LogP) is 5.22. The average molecular weight is 704 g/mol. The molecule has 1 unspecified atom stereocenters. The Balaban J connectivity index is 1.38. The molecule has 2 aromatic heterocycles. The van der Waals surface area contributed by atoms with Crippen molar-refractivity contribution in [2.24, 2.45) is 0 Å². The third-order valence-corrected chi connectivity index (χ3v) is 8.65. The van der Waals surface area contributed by atoms with Crippen LogP contribution in [0.1, 0.15) is 44.5 Å². The first-order chi connectivity index (χ1) is 23.1. The van der Waals surface area contributed by atoms with Crippen molar-refractivity contribution in [3.05, 3.63) is 68.6 Å². The number of aliphatic hydroxyl groups excluding tert-OH is 1. The highest BCUT2D eigenvalue weighted by Gasteiger charge is 2.32. The first-order valence-corrected chi connectivity index (χ1v) is 16.3. The number of carbonyl (C=O) groups is 1. The number of amides is 1. The molecule has 4 heterocycles. The Bertz CT molecular complexity index is 1950. The Labute approximate surface area is 285 Å². The van der Waals surface area contributed by atoms with Gasteiger partial charge in [0.15, 0.2) is 5.82 Å². The highest BCUT2D eigenvalue weighted by Crippen LogP contribution is 2.34. The Morgan fingerprint density at radius 2 is 1.86 bits per heavy atom. The maximum atomic E-state index is 14.2. The number of nitrogens with zero attached hydrogens (tertiary/aromatic N) is 6. The Hall–Kier alpha value is -4.50. The van der Waals surface area contributed by atoms with Crippen LogP contribution in [-0.4, -0.2) is 79.9 Å². The molecule has 2 N–H and O–H groups in total. The minimum atomic E-state index is -4.58. The number of alkyl halides is 3. The molecule has 262 valence electrons. The van der Waals surface area contributed by atoms with Crippen LogP contribution < -0.4 is 20.5 Å². The Morgan fingerprint density at radius 1 is 1.12 bits per heavy atom. The van der Waals surface area contributed by atoms with Gasteiger partial charge in [-0.3, -0.25) is 4.79 Å². The topological polar surface area (TPSA) is 126 Å². The smallest absolute Gasteiger partial charge is 0.416 e. The zero-order chi connectivity index (χ0) is 35.2. The molecule has 1 amide bonds. The first-order valence-electron chi connectivity index (χ1n) is 16.0. The van der Waals surface area contributed by atoms with Crippen molar-refractivity contribution >= 4 is 34.8 Å². The highest BCUT2D eigenvalue weighted by atomic mass is 35.5. The van der Waals surface area contributed by atoms with Gasteiger partial charge in [-0.1, -0.05) is 30.7 Å². The van der Waals surface area contributed by atoms with E-state index in [1.807, 2.05) is 30.0 Å². The molecule has 1 fully saturated rings. The van der Waals surface area contributed by atoms with Crippen LogP contribution in [0.25, 0.3) is 17.2 Å². The van der Waals surface area contributed by atoms with Crippen molar-refractivity contribution in [3.8, 4) is 17.1 Å². The summed E-state index contributed by atoms with van der Waals surface area (Å²) in [6, 6.07) is 8.42. The molecule has 0 aliphatic carbocycles. The lowest BCUT2D eigenvalue weighted by Crippen LogP contribution is -2.51. The zero-order valence-electron chi connectivity index (χ0n) is 27.5. The normalized spacial score (nSPS) is 15.7. The number of anilines is 2. The van der Waals surface area contributed by atoms with Gasteiger partial charge in [0.2, 0.25) is 5.78 Å². The summed E-state index contributed by atoms with van der Waals surface area (Å²) >= 11 is 6.16. The van der Waals surface area contributed by atoms with Gasteiger partial charge >= 0.3 is 12.3 Å². The molecule has 0 spiro atoms. The summed E-state index contributed by atoms with van der Waals surface area (Å²) in [6.07, 6.45) is -5.24. The second-order valence-corrected chi connectivity index (χ2v) is 13.3. The van der Waals surface area contributed by atoms with Crippen LogP contribution in [0.4, 0.5) is 29.3 Å². The summed E-state index contributed by atoms with van der Waals surface area (Å²) in [4.78, 5) is 35.2. The zero-order valence-corrected chi connectivity index (χ0v) is 28.2. The summed E-state index contributed by atoms with van der Waals surface area (Å²) in [5.41, 5.74) is 0.690. The van der Waals surface area contributed by atoms with Crippen molar-refractivity contribution in [1.82, 2.24) is 24.1 Å². The summed E-state index contributed by atoms with van der Waals surface area (Å²) in [5, 5.41) is 18.4. The monoisotopic (exact) mass is 703 g/mol. The van der Waals surface area contributed by atoms with E-state index in [1.54, 1.807) is 30.2 Å². The van der Waals surface area contributed by atoms with Crippen LogP contribution >= 0.6 is 11.6 Å². The minimum absolute atomic E-state index is 0.0936. The van der Waals surface area contributed by atoms with Crippen LogP contribution in [0.5, 0.6) is 5.75 Å². The molecule has 16 heteroatoms. The maximum absolute atomic E-state index is 14.2. The molecular weight excluding hydrogens is 667 g/mol. The third kappa shape index (κ3) is 7.13. The molecule has 12 nitrogen and oxygen atoms in total. The fourth-order valence-corrected chi connectivity index (χ4v) is 6.26. The van der Waals surface area contributed by atoms with Crippen molar-refractivity contribution in [2.45, 2.75) is 65.1 Å². The fourth-order valence-electron chi connectivity index (χ4n) is 6.03. The second-order valence-electron chi connectivity index (χ2n) is 12.9. The number of rotatable bonds is 7. The average Bonchev–Trinajstić information content (AvgIpc) is 3.70. The van der Waals surface area contributed by atoms with Gasteiger partial charge in [-0.05, 0) is 57.0 Å². The largest absolute Gasteiger partial charge is 0.493 e. The number of aromatic nitrogens is 4. The van der Waals surface area contributed by atoms with Gasteiger partial charge in [0, 0.05) is 43.9 Å². The SMILES string of the molecule is CCc1c(N2CCN(C(=O)OC(C)(C)C)CC2)c(=O)n2nc(-c3ccc4c(c3)OCC4)nc2n1CC(O)Nc1ccc(C(F)(F)F)cc1Cl. The van der Waals surface area contributed by atoms with Gasteiger partial charge in [-0.15, -0.1) is 5.10 Å². The number of nitrogens with one attached hydrogen (secondary N) is 1. The molecule has 1 atom stereocenters. The second kappa shape index (κ2) is 13.1. The van der Waals surface area contributed by atoms with E-state index in [0.717, 1.165) is 35.9 Å². The predicted molar refractivity (Wildman–Crippen MR) is 177 cm³/mol. The number of halogens is 4. The van der Waals surface area contributed by atoms with Crippen LogP contribution in [-0.2, 0) is 30.3 Å². The number of carbonyl (C=O) groups excluding carboxylic acids is 1. The summed E-state index contributed by atoms with van der Waals surface area (Å²) in [5.74, 6) is 1.15. The molecule has 6 rings (SSSR count). The van der Waals surface area contributed by atoms with E-state index in [2.05, 4.69) is 10.4 Å². The van der Waals surface area contributed by atoms with E-state index >= 15 is 0 Å². The van der Waals surface area contributed by atoms with E-state index in [0.29, 0.717) is 56.2 Å². The molecular formula is C33H37ClF3N7O5. The summed E-state index contributed by atoms with van der Waals surface area (Å²) < 4.78 is 53.8. The lowest BCUT2D eigenvalue weighted by Gasteiger charge is -2.37. The Morgan fingerprint density at radius 3 is 2.51 bits per heavy atom. The first kappa shape index (κ1) is 34.4. The standard InChI is InChI=1S/C33H37ClF3N7O5/c1-5-24-27(41-11-13-42(14-12-41)31(47)49-32(2,3)4)29(46)44-30(39-28(40-44)20-7-6-19-10-15-48-25(19)16-20)43(24)18-26(45)38-23-9-8-21(17-22(23)34)33(35,36)37/h6-9,16-17,26,38,45H,5,10-15,18H2,1-4H3. The van der Waals surface area contributed by atoms with Gasteiger partial charge in [0.05, 0.1) is 29.4 Å². The van der Waals surface area contributed by atoms with Crippen molar-refractivity contribution in [1.29, 1.82) is 0 Å². The number of benzene rings is 2. The number of hydrogen-bond donors (Lipinski definition) is 2. The Kier molecular flexibility index (Phi) is 9.17. The highest BCUT2D eigenvalue weighted by molar-refractivity contribution is 6.33. The van der Waals surface area contributed by atoms with Crippen LogP contribution in [0.2, 0.25) is 5.02 Å². The van der Waals surface area contributed by atoms with Crippen molar-refractivity contribution in [2.75, 3.05) is 43.0 Å². The van der Waals surface area contributed by atoms with E-state index < -0.39 is 35.2 Å². The van der Waals surface area contributed by atoms with Gasteiger partial charge in [-0.25, -0.2) is 4.79 Å². The van der Waals surface area contributed by atoms with Crippen LogP contribution in [0.3, 0.4) is 0 Å². The molecule has 0 radical (unpaired) electrons. The molecule has 2 aromatic carbocycles. The molecule has 2 aliphatic rings. The van der Waals surface area contributed by atoms with Gasteiger partial charge < -0.3 is 34.3 Å². The molecule has 0 bridgehead atoms. The van der Waals surface area contributed by atoms with E-state index in [1.165, 1.54) is 4.52 Å². The van der Waals surface area contributed by atoms with Crippen LogP contribution in [0.15, 0.2) is 41.2 Å². The lowest BCUT2D eigenvalue weighted by atomic mass is 10.1. The van der Waals surface area contributed by atoms with Gasteiger partial charge in [-0.2, -0.15) is 22.7 Å². The molecule has 4 aromatic rings. The third-order valence-electron chi connectivity index (χ3n) is 8.34. The molecule has 49 heavy (non-hydrogen) atoms. The summed E-state index contributed by atoms with van der Waals surface area (Å²) in [6.45, 7) is 8.94. The van der Waals surface area contributed by atoms with E-state index in [-0.39, 0.29) is 28.9 Å². The fraction of sp³-hybridized carbons (Fsp3) is 0.455. The molecule has 1 saturated heterocycles.